The Bertz CT molecular complexity index is 246. The predicted octanol–water partition coefficient (Wildman–Crippen LogP) is 0.841. The van der Waals surface area contributed by atoms with Crippen LogP contribution in [0.1, 0.15) is 13.8 Å². The second kappa shape index (κ2) is 7.58. The fourth-order valence-corrected chi connectivity index (χ4v) is 1.61. The van der Waals surface area contributed by atoms with Crippen LogP contribution in [0.2, 0.25) is 0 Å². The van der Waals surface area contributed by atoms with Crippen molar-refractivity contribution in [3.63, 3.8) is 0 Å². The van der Waals surface area contributed by atoms with Gasteiger partial charge in [-0.3, -0.25) is 4.79 Å². The van der Waals surface area contributed by atoms with E-state index in [0.29, 0.717) is 12.5 Å². The molecule has 0 aromatic rings. The number of alkyl halides is 3. The number of likely N-dealkylation sites (N-methyl/N-ethyl adjacent to an activating group) is 1. The van der Waals surface area contributed by atoms with Gasteiger partial charge < -0.3 is 15.5 Å². The van der Waals surface area contributed by atoms with E-state index in [1.165, 1.54) is 0 Å². The van der Waals surface area contributed by atoms with Gasteiger partial charge in [0, 0.05) is 12.6 Å². The van der Waals surface area contributed by atoms with Crippen LogP contribution in [-0.2, 0) is 4.79 Å². The van der Waals surface area contributed by atoms with Crippen molar-refractivity contribution in [1.29, 1.82) is 0 Å². The van der Waals surface area contributed by atoms with Gasteiger partial charge in [-0.25, -0.2) is 0 Å². The predicted molar refractivity (Wildman–Crippen MR) is 64.2 cm³/mol. The van der Waals surface area contributed by atoms with Gasteiger partial charge in [0.15, 0.2) is 0 Å². The van der Waals surface area contributed by atoms with Gasteiger partial charge in [0.05, 0.1) is 13.1 Å². The third-order valence-electron chi connectivity index (χ3n) is 2.55. The molecule has 2 N–H and O–H groups in total. The summed E-state index contributed by atoms with van der Waals surface area (Å²) < 4.78 is 35.5. The SMILES string of the molecule is CC(C)C(CNC(=O)CNCC(F)(F)F)N(C)C. The molecule has 7 heteroatoms. The standard InChI is InChI=1S/C11H22F3N3O/c1-8(2)9(17(3)4)5-16-10(18)6-15-7-11(12,13)14/h8-9,15H,5-7H2,1-4H3,(H,16,18). The lowest BCUT2D eigenvalue weighted by Crippen LogP contribution is -2.46. The van der Waals surface area contributed by atoms with Crippen molar-refractivity contribution in [1.82, 2.24) is 15.5 Å². The molecule has 0 aliphatic carbocycles. The summed E-state index contributed by atoms with van der Waals surface area (Å²) in [6.07, 6.45) is -4.29. The van der Waals surface area contributed by atoms with E-state index >= 15 is 0 Å². The molecule has 0 spiro atoms. The molecule has 1 amide bonds. The number of hydrogen-bond donors (Lipinski definition) is 2. The molecule has 0 bridgehead atoms. The van der Waals surface area contributed by atoms with Gasteiger partial charge in [0.2, 0.25) is 5.91 Å². The van der Waals surface area contributed by atoms with E-state index in [2.05, 4.69) is 10.6 Å². The van der Waals surface area contributed by atoms with E-state index in [-0.39, 0.29) is 12.6 Å². The van der Waals surface area contributed by atoms with Gasteiger partial charge in [-0.1, -0.05) is 13.8 Å². The maximum Gasteiger partial charge on any atom is 0.401 e. The highest BCUT2D eigenvalue weighted by atomic mass is 19.4. The Hall–Kier alpha value is -0.820. The lowest BCUT2D eigenvalue weighted by Gasteiger charge is -2.28. The van der Waals surface area contributed by atoms with Crippen molar-refractivity contribution in [2.45, 2.75) is 26.1 Å². The smallest absolute Gasteiger partial charge is 0.353 e. The molecule has 0 saturated carbocycles. The Labute approximate surface area is 106 Å². The van der Waals surface area contributed by atoms with Crippen LogP contribution in [0.3, 0.4) is 0 Å². The first-order valence-electron chi connectivity index (χ1n) is 5.84. The van der Waals surface area contributed by atoms with E-state index in [1.54, 1.807) is 0 Å². The largest absolute Gasteiger partial charge is 0.401 e. The molecule has 0 heterocycles. The fraction of sp³-hybridized carbons (Fsp3) is 0.909. The first kappa shape index (κ1) is 17.2. The molecule has 0 fully saturated rings. The number of amides is 1. The first-order chi connectivity index (χ1) is 8.13. The zero-order valence-electron chi connectivity index (χ0n) is 11.3. The lowest BCUT2D eigenvalue weighted by molar-refractivity contribution is -0.128. The molecule has 0 aliphatic heterocycles. The van der Waals surface area contributed by atoms with E-state index < -0.39 is 18.6 Å². The summed E-state index contributed by atoms with van der Waals surface area (Å²) in [5.41, 5.74) is 0. The van der Waals surface area contributed by atoms with Crippen LogP contribution >= 0.6 is 0 Å². The molecule has 1 atom stereocenters. The fourth-order valence-electron chi connectivity index (χ4n) is 1.61. The summed E-state index contributed by atoms with van der Waals surface area (Å²) in [5, 5.41) is 4.68. The van der Waals surface area contributed by atoms with Crippen LogP contribution in [0.25, 0.3) is 0 Å². The van der Waals surface area contributed by atoms with Crippen molar-refractivity contribution in [2.24, 2.45) is 5.92 Å². The second-order valence-electron chi connectivity index (χ2n) is 4.80. The van der Waals surface area contributed by atoms with Gasteiger partial charge >= 0.3 is 6.18 Å². The Morgan fingerprint density at radius 1 is 1.28 bits per heavy atom. The third-order valence-corrected chi connectivity index (χ3v) is 2.55. The van der Waals surface area contributed by atoms with Crippen LogP contribution in [0, 0.1) is 5.92 Å². The van der Waals surface area contributed by atoms with Crippen molar-refractivity contribution in [3.8, 4) is 0 Å². The number of nitrogens with zero attached hydrogens (tertiary/aromatic N) is 1. The molecule has 0 aliphatic rings. The number of carbonyl (C=O) groups is 1. The molecule has 1 unspecified atom stereocenters. The molecule has 0 radical (unpaired) electrons. The van der Waals surface area contributed by atoms with Crippen LogP contribution in [0.15, 0.2) is 0 Å². The molecular formula is C11H22F3N3O. The molecule has 0 saturated heterocycles. The van der Waals surface area contributed by atoms with Crippen LogP contribution in [0.5, 0.6) is 0 Å². The Balaban J connectivity index is 3.89. The average Bonchev–Trinajstić information content (AvgIpc) is 2.14. The number of nitrogens with one attached hydrogen (secondary N) is 2. The summed E-state index contributed by atoms with van der Waals surface area (Å²) in [5.74, 6) is -0.0739. The number of halogens is 3. The van der Waals surface area contributed by atoms with E-state index in [0.717, 1.165) is 0 Å². The average molecular weight is 269 g/mol. The van der Waals surface area contributed by atoms with E-state index in [9.17, 15) is 18.0 Å². The molecule has 18 heavy (non-hydrogen) atoms. The maximum atomic E-state index is 11.8. The number of carbonyl (C=O) groups excluding carboxylic acids is 1. The van der Waals surface area contributed by atoms with Gasteiger partial charge in [-0.2, -0.15) is 13.2 Å². The van der Waals surface area contributed by atoms with Crippen LogP contribution in [0.4, 0.5) is 13.2 Å². The minimum atomic E-state index is -4.29. The molecule has 0 aromatic carbocycles. The first-order valence-corrected chi connectivity index (χ1v) is 5.84. The monoisotopic (exact) mass is 269 g/mol. The molecule has 0 aromatic heterocycles. The second-order valence-corrected chi connectivity index (χ2v) is 4.80. The van der Waals surface area contributed by atoms with Crippen molar-refractivity contribution >= 4 is 5.91 Å². The van der Waals surface area contributed by atoms with Gasteiger partial charge in [-0.15, -0.1) is 0 Å². The van der Waals surface area contributed by atoms with E-state index in [1.807, 2.05) is 32.8 Å². The van der Waals surface area contributed by atoms with Crippen LogP contribution in [-0.4, -0.2) is 56.8 Å². The third kappa shape index (κ3) is 8.30. The highest BCUT2D eigenvalue weighted by Gasteiger charge is 2.26. The summed E-state index contributed by atoms with van der Waals surface area (Å²) in [6, 6.07) is 0.163. The molecular weight excluding hydrogens is 247 g/mol. The summed E-state index contributed by atoms with van der Waals surface area (Å²) >= 11 is 0. The molecule has 0 rings (SSSR count). The minimum Gasteiger partial charge on any atom is -0.353 e. The lowest BCUT2D eigenvalue weighted by atomic mass is 10.0. The summed E-state index contributed by atoms with van der Waals surface area (Å²) in [4.78, 5) is 13.3. The minimum absolute atomic E-state index is 0.163. The highest BCUT2D eigenvalue weighted by Crippen LogP contribution is 2.11. The molecule has 4 nitrogen and oxygen atoms in total. The maximum absolute atomic E-state index is 11.8. The van der Waals surface area contributed by atoms with Crippen molar-refractivity contribution in [2.75, 3.05) is 33.7 Å². The molecule has 108 valence electrons. The quantitative estimate of drug-likeness (QED) is 0.720. The normalized spacial score (nSPS) is 14.1. The summed E-state index contributed by atoms with van der Waals surface area (Å²) in [6.45, 7) is 3.01. The zero-order valence-corrected chi connectivity index (χ0v) is 11.3. The number of rotatable bonds is 7. The van der Waals surface area contributed by atoms with Gasteiger partial charge in [0.1, 0.15) is 0 Å². The number of hydrogen-bond acceptors (Lipinski definition) is 3. The zero-order chi connectivity index (χ0) is 14.3. The Morgan fingerprint density at radius 2 is 1.83 bits per heavy atom. The Morgan fingerprint density at radius 3 is 2.22 bits per heavy atom. The topological polar surface area (TPSA) is 44.4 Å². The highest BCUT2D eigenvalue weighted by molar-refractivity contribution is 5.78. The van der Waals surface area contributed by atoms with Gasteiger partial charge in [0.25, 0.3) is 0 Å². The van der Waals surface area contributed by atoms with Crippen LogP contribution < -0.4 is 10.6 Å². The van der Waals surface area contributed by atoms with Crippen molar-refractivity contribution in [3.05, 3.63) is 0 Å². The van der Waals surface area contributed by atoms with E-state index in [4.69, 9.17) is 0 Å². The Kier molecular flexibility index (Phi) is 7.23. The summed E-state index contributed by atoms with van der Waals surface area (Å²) in [7, 11) is 3.80. The van der Waals surface area contributed by atoms with Gasteiger partial charge in [-0.05, 0) is 20.0 Å². The van der Waals surface area contributed by atoms with Crippen molar-refractivity contribution < 1.29 is 18.0 Å².